The highest BCUT2D eigenvalue weighted by atomic mass is 16.5. The molecule has 0 aliphatic rings. The van der Waals surface area contributed by atoms with Crippen LogP contribution in [0.25, 0.3) is 11.4 Å². The number of benzene rings is 1. The van der Waals surface area contributed by atoms with E-state index in [4.69, 9.17) is 9.63 Å². The summed E-state index contributed by atoms with van der Waals surface area (Å²) < 4.78 is 5.34. The van der Waals surface area contributed by atoms with Crippen molar-refractivity contribution in [1.29, 1.82) is 0 Å². The topological polar surface area (TPSA) is 88.2 Å². The van der Waals surface area contributed by atoms with Gasteiger partial charge in [-0.15, -0.1) is 0 Å². The molecule has 30 heavy (non-hydrogen) atoms. The van der Waals surface area contributed by atoms with Gasteiger partial charge in [-0.3, -0.25) is 0 Å². The van der Waals surface area contributed by atoms with Gasteiger partial charge in [0.25, 0.3) is 0 Å². The van der Waals surface area contributed by atoms with Crippen LogP contribution in [0.15, 0.2) is 28.8 Å². The largest absolute Gasteiger partial charge is 0.465 e. The highest BCUT2D eigenvalue weighted by molar-refractivity contribution is 5.64. The van der Waals surface area contributed by atoms with Gasteiger partial charge in [0.15, 0.2) is 0 Å². The summed E-state index contributed by atoms with van der Waals surface area (Å²) >= 11 is 0. The third-order valence-corrected chi connectivity index (χ3v) is 5.51. The molecule has 0 aliphatic heterocycles. The fourth-order valence-electron chi connectivity index (χ4n) is 3.54. The van der Waals surface area contributed by atoms with Crippen LogP contribution in [0.5, 0.6) is 0 Å². The average Bonchev–Trinajstić information content (AvgIpc) is 3.18. The molecule has 1 unspecified atom stereocenters. The Kier molecular flexibility index (Phi) is 10.4. The molecule has 2 N–H and O–H groups in total. The van der Waals surface area contributed by atoms with Crippen molar-refractivity contribution < 1.29 is 14.4 Å². The molecule has 1 heterocycles. The van der Waals surface area contributed by atoms with Gasteiger partial charge in [-0.05, 0) is 24.3 Å². The normalized spacial score (nSPS) is 12.3. The van der Waals surface area contributed by atoms with E-state index in [1.165, 1.54) is 56.9 Å². The second-order valence-corrected chi connectivity index (χ2v) is 8.44. The number of carboxylic acid groups (broad SMARTS) is 1. The Bertz CT molecular complexity index is 740. The van der Waals surface area contributed by atoms with E-state index in [1.807, 2.05) is 26.0 Å². The lowest BCUT2D eigenvalue weighted by atomic mass is 10.0. The van der Waals surface area contributed by atoms with E-state index < -0.39 is 6.09 Å². The minimum absolute atomic E-state index is 0.132. The summed E-state index contributed by atoms with van der Waals surface area (Å²) in [7, 11) is 0. The quantitative estimate of drug-likeness (QED) is 0.356. The lowest BCUT2D eigenvalue weighted by Gasteiger charge is -2.18. The summed E-state index contributed by atoms with van der Waals surface area (Å²) in [5.41, 5.74) is 2.25. The zero-order chi connectivity index (χ0) is 21.8. The molecular weight excluding hydrogens is 378 g/mol. The first-order valence-electron chi connectivity index (χ1n) is 11.4. The predicted octanol–water partition coefficient (Wildman–Crippen LogP) is 6.25. The number of aryl methyl sites for hydroxylation is 1. The Morgan fingerprint density at radius 2 is 1.67 bits per heavy atom. The van der Waals surface area contributed by atoms with Crippen LogP contribution in [0.3, 0.4) is 0 Å². The first kappa shape index (κ1) is 23.9. The van der Waals surface area contributed by atoms with E-state index in [2.05, 4.69) is 34.5 Å². The Labute approximate surface area is 180 Å². The lowest BCUT2D eigenvalue weighted by Crippen LogP contribution is -2.39. The van der Waals surface area contributed by atoms with Gasteiger partial charge >= 0.3 is 6.09 Å². The van der Waals surface area contributed by atoms with Crippen LogP contribution in [0.4, 0.5) is 4.79 Å². The number of hydrogen-bond donors (Lipinski definition) is 2. The Morgan fingerprint density at radius 3 is 2.27 bits per heavy atom. The molecule has 6 heteroatoms. The maximum atomic E-state index is 10.9. The molecule has 0 spiro atoms. The van der Waals surface area contributed by atoms with E-state index in [9.17, 15) is 4.79 Å². The van der Waals surface area contributed by atoms with Crippen LogP contribution in [0.2, 0.25) is 0 Å². The van der Waals surface area contributed by atoms with E-state index in [0.717, 1.165) is 12.0 Å². The molecule has 1 atom stereocenters. The Hall–Kier alpha value is -2.37. The van der Waals surface area contributed by atoms with Crippen LogP contribution in [0.1, 0.15) is 83.6 Å². The molecule has 2 rings (SSSR count). The van der Waals surface area contributed by atoms with Crippen molar-refractivity contribution in [2.45, 2.75) is 91.0 Å². The van der Waals surface area contributed by atoms with Gasteiger partial charge < -0.3 is 14.9 Å². The third-order valence-electron chi connectivity index (χ3n) is 5.51. The van der Waals surface area contributed by atoms with E-state index in [1.54, 1.807) is 0 Å². The van der Waals surface area contributed by atoms with E-state index >= 15 is 0 Å². The molecule has 1 amide bonds. The number of nitrogens with zero attached hydrogens (tertiary/aromatic N) is 2. The van der Waals surface area contributed by atoms with Gasteiger partial charge in [-0.2, -0.15) is 4.98 Å². The van der Waals surface area contributed by atoms with Crippen LogP contribution >= 0.6 is 0 Å². The number of aromatic nitrogens is 2. The summed E-state index contributed by atoms with van der Waals surface area (Å²) in [4.78, 5) is 15.4. The lowest BCUT2D eigenvalue weighted by molar-refractivity contribution is 0.184. The molecule has 0 bridgehead atoms. The standard InChI is InChI=1S/C24H37N3O3/c1-4-5-6-7-8-9-10-11-12-19-13-15-20(16-14-19)23-26-22(30-27-23)17-21(18(2)3)25-24(28)29/h13-16,18,21,25H,4-12,17H2,1-3H3,(H,28,29). The first-order valence-corrected chi connectivity index (χ1v) is 11.4. The number of rotatable bonds is 14. The molecule has 0 saturated heterocycles. The average molecular weight is 416 g/mol. The monoisotopic (exact) mass is 415 g/mol. The van der Waals surface area contributed by atoms with Gasteiger partial charge in [0.05, 0.1) is 0 Å². The third kappa shape index (κ3) is 8.56. The molecule has 166 valence electrons. The summed E-state index contributed by atoms with van der Waals surface area (Å²) in [6, 6.07) is 8.07. The van der Waals surface area contributed by atoms with Crippen molar-refractivity contribution in [2.24, 2.45) is 5.92 Å². The molecule has 0 saturated carbocycles. The fourth-order valence-corrected chi connectivity index (χ4v) is 3.54. The van der Waals surface area contributed by atoms with Crippen LogP contribution < -0.4 is 5.32 Å². The van der Waals surface area contributed by atoms with Gasteiger partial charge in [-0.25, -0.2) is 4.79 Å². The van der Waals surface area contributed by atoms with Crippen molar-refractivity contribution >= 4 is 6.09 Å². The van der Waals surface area contributed by atoms with Gasteiger partial charge in [0.2, 0.25) is 11.7 Å². The van der Waals surface area contributed by atoms with Crippen LogP contribution in [0, 0.1) is 5.92 Å². The SMILES string of the molecule is CCCCCCCCCCc1ccc(-c2noc(CC(NC(=O)O)C(C)C)n2)cc1. The van der Waals surface area contributed by atoms with E-state index in [0.29, 0.717) is 18.1 Å². The molecule has 2 aromatic rings. The Balaban J connectivity index is 1.79. The molecule has 1 aromatic carbocycles. The highest BCUT2D eigenvalue weighted by Gasteiger charge is 2.20. The molecular formula is C24H37N3O3. The second-order valence-electron chi connectivity index (χ2n) is 8.44. The zero-order valence-electron chi connectivity index (χ0n) is 18.7. The molecule has 0 aliphatic carbocycles. The smallest absolute Gasteiger partial charge is 0.404 e. The van der Waals surface area contributed by atoms with Crippen molar-refractivity contribution in [2.75, 3.05) is 0 Å². The summed E-state index contributed by atoms with van der Waals surface area (Å²) in [5.74, 6) is 1.12. The number of unbranched alkanes of at least 4 members (excludes halogenated alkanes) is 7. The van der Waals surface area contributed by atoms with Crippen LogP contribution in [-0.2, 0) is 12.8 Å². The molecule has 1 aromatic heterocycles. The minimum atomic E-state index is -1.04. The van der Waals surface area contributed by atoms with Crippen molar-refractivity contribution in [3.63, 3.8) is 0 Å². The predicted molar refractivity (Wildman–Crippen MR) is 120 cm³/mol. The number of carbonyl (C=O) groups is 1. The number of amides is 1. The van der Waals surface area contributed by atoms with Crippen molar-refractivity contribution in [3.8, 4) is 11.4 Å². The molecule has 6 nitrogen and oxygen atoms in total. The minimum Gasteiger partial charge on any atom is -0.465 e. The number of nitrogens with one attached hydrogen (secondary N) is 1. The van der Waals surface area contributed by atoms with Crippen molar-refractivity contribution in [1.82, 2.24) is 15.5 Å². The van der Waals surface area contributed by atoms with Crippen LogP contribution in [-0.4, -0.2) is 27.4 Å². The summed E-state index contributed by atoms with van der Waals surface area (Å²) in [6.45, 7) is 6.18. The fraction of sp³-hybridized carbons (Fsp3) is 0.625. The highest BCUT2D eigenvalue weighted by Crippen LogP contribution is 2.19. The van der Waals surface area contributed by atoms with E-state index in [-0.39, 0.29) is 12.0 Å². The molecule has 0 fully saturated rings. The Morgan fingerprint density at radius 1 is 1.03 bits per heavy atom. The first-order chi connectivity index (χ1) is 14.5. The number of hydrogen-bond acceptors (Lipinski definition) is 4. The second kappa shape index (κ2) is 13.0. The van der Waals surface area contributed by atoms with Gasteiger partial charge in [0, 0.05) is 18.0 Å². The zero-order valence-corrected chi connectivity index (χ0v) is 18.7. The summed E-state index contributed by atoms with van der Waals surface area (Å²) in [6.07, 6.45) is 11.1. The molecule has 0 radical (unpaired) electrons. The summed E-state index contributed by atoms with van der Waals surface area (Å²) in [5, 5.41) is 15.6. The van der Waals surface area contributed by atoms with Gasteiger partial charge in [0.1, 0.15) is 0 Å². The maximum absolute atomic E-state index is 10.9. The van der Waals surface area contributed by atoms with Crippen molar-refractivity contribution in [3.05, 3.63) is 35.7 Å². The van der Waals surface area contributed by atoms with Gasteiger partial charge in [-0.1, -0.05) is 95.1 Å². The maximum Gasteiger partial charge on any atom is 0.404 e.